The Balaban J connectivity index is 2.47. The van der Waals surface area contributed by atoms with Crippen LogP contribution in [0.4, 0.5) is 0 Å². The highest BCUT2D eigenvalue weighted by Crippen LogP contribution is 2.14. The normalized spacial score (nSPS) is 10.2. The van der Waals surface area contributed by atoms with Crippen LogP contribution in [-0.2, 0) is 0 Å². The van der Waals surface area contributed by atoms with Crippen LogP contribution in [-0.4, -0.2) is 15.2 Å². The van der Waals surface area contributed by atoms with Gasteiger partial charge < -0.3 is 4.42 Å². The Morgan fingerprint density at radius 3 is 2.85 bits per heavy atom. The number of pyridine rings is 1. The standard InChI is InChI=1S/C7H4BrN3O2/c8-4-1-2-5(9-3-4)6-10-11-7(12)13-6/h1-3H,(H,11,12). The average molecular weight is 242 g/mol. The highest BCUT2D eigenvalue weighted by molar-refractivity contribution is 9.10. The van der Waals surface area contributed by atoms with Crippen molar-refractivity contribution in [2.45, 2.75) is 0 Å². The van der Waals surface area contributed by atoms with Gasteiger partial charge in [-0.25, -0.2) is 14.9 Å². The zero-order chi connectivity index (χ0) is 9.26. The first kappa shape index (κ1) is 8.18. The summed E-state index contributed by atoms with van der Waals surface area (Å²) in [6.07, 6.45) is 1.60. The SMILES string of the molecule is O=c1[nH]nc(-c2ccc(Br)cn2)o1. The lowest BCUT2D eigenvalue weighted by Crippen LogP contribution is -1.93. The van der Waals surface area contributed by atoms with Crippen LogP contribution in [0, 0.1) is 0 Å². The smallest absolute Gasteiger partial charge is 0.386 e. The van der Waals surface area contributed by atoms with Gasteiger partial charge in [0.1, 0.15) is 5.69 Å². The van der Waals surface area contributed by atoms with E-state index in [0.29, 0.717) is 5.69 Å². The number of rotatable bonds is 1. The quantitative estimate of drug-likeness (QED) is 0.815. The van der Waals surface area contributed by atoms with Crippen LogP contribution < -0.4 is 5.76 Å². The van der Waals surface area contributed by atoms with Crippen molar-refractivity contribution in [2.24, 2.45) is 0 Å². The maximum absolute atomic E-state index is 10.6. The number of hydrogen-bond donors (Lipinski definition) is 1. The third kappa shape index (κ3) is 1.67. The molecule has 0 aliphatic carbocycles. The summed E-state index contributed by atoms with van der Waals surface area (Å²) in [7, 11) is 0. The van der Waals surface area contributed by atoms with E-state index in [2.05, 4.69) is 31.1 Å². The summed E-state index contributed by atoms with van der Waals surface area (Å²) in [5.41, 5.74) is 0.515. The lowest BCUT2D eigenvalue weighted by molar-refractivity contribution is 0.525. The molecule has 2 aromatic rings. The van der Waals surface area contributed by atoms with E-state index in [9.17, 15) is 4.79 Å². The van der Waals surface area contributed by atoms with Crippen LogP contribution in [0.1, 0.15) is 0 Å². The molecule has 0 radical (unpaired) electrons. The van der Waals surface area contributed by atoms with Gasteiger partial charge in [0.25, 0.3) is 5.89 Å². The van der Waals surface area contributed by atoms with Crippen LogP contribution in [0.2, 0.25) is 0 Å². The number of halogens is 1. The number of aromatic nitrogens is 3. The molecule has 5 nitrogen and oxygen atoms in total. The molecular formula is C7H4BrN3O2. The summed E-state index contributed by atoms with van der Waals surface area (Å²) in [5, 5.41) is 5.79. The Morgan fingerprint density at radius 1 is 1.46 bits per heavy atom. The van der Waals surface area contributed by atoms with Crippen molar-refractivity contribution in [1.82, 2.24) is 15.2 Å². The molecule has 0 fully saturated rings. The van der Waals surface area contributed by atoms with E-state index in [4.69, 9.17) is 4.42 Å². The number of aromatic amines is 1. The molecule has 0 aromatic carbocycles. The van der Waals surface area contributed by atoms with E-state index in [0.717, 1.165) is 4.47 Å². The Labute approximate surface area is 80.9 Å². The number of nitrogens with zero attached hydrogens (tertiary/aromatic N) is 2. The molecule has 0 aliphatic heterocycles. The highest BCUT2D eigenvalue weighted by Gasteiger charge is 2.05. The van der Waals surface area contributed by atoms with E-state index >= 15 is 0 Å². The molecule has 6 heteroatoms. The molecule has 2 heterocycles. The lowest BCUT2D eigenvalue weighted by Gasteiger charge is -1.91. The summed E-state index contributed by atoms with van der Waals surface area (Å²) < 4.78 is 5.57. The monoisotopic (exact) mass is 241 g/mol. The predicted molar refractivity (Wildman–Crippen MR) is 48.1 cm³/mol. The van der Waals surface area contributed by atoms with E-state index < -0.39 is 5.76 Å². The molecule has 0 unspecified atom stereocenters. The van der Waals surface area contributed by atoms with Gasteiger partial charge >= 0.3 is 5.76 Å². The van der Waals surface area contributed by atoms with Crippen LogP contribution >= 0.6 is 15.9 Å². The Hall–Kier alpha value is -1.43. The molecular weight excluding hydrogens is 238 g/mol. The molecule has 2 rings (SSSR count). The lowest BCUT2D eigenvalue weighted by atomic mass is 10.3. The van der Waals surface area contributed by atoms with Crippen molar-refractivity contribution >= 4 is 15.9 Å². The zero-order valence-electron chi connectivity index (χ0n) is 6.32. The second kappa shape index (κ2) is 3.14. The maximum Gasteiger partial charge on any atom is 0.434 e. The van der Waals surface area contributed by atoms with Crippen molar-refractivity contribution < 1.29 is 4.42 Å². The summed E-state index contributed by atoms with van der Waals surface area (Å²) in [6, 6.07) is 3.49. The van der Waals surface area contributed by atoms with E-state index in [1.807, 2.05) is 0 Å². The average Bonchev–Trinajstić information content (AvgIpc) is 2.53. The molecule has 0 amide bonds. The first-order chi connectivity index (χ1) is 6.25. The molecule has 13 heavy (non-hydrogen) atoms. The molecule has 2 aromatic heterocycles. The predicted octanol–water partition coefficient (Wildman–Crippen LogP) is 1.19. The van der Waals surface area contributed by atoms with Gasteiger partial charge in [0.15, 0.2) is 0 Å². The van der Waals surface area contributed by atoms with Gasteiger partial charge in [0.2, 0.25) is 0 Å². The second-order valence-electron chi connectivity index (χ2n) is 2.28. The van der Waals surface area contributed by atoms with Crippen molar-refractivity contribution in [3.05, 3.63) is 33.4 Å². The number of nitrogens with one attached hydrogen (secondary N) is 1. The van der Waals surface area contributed by atoms with Gasteiger partial charge in [-0.05, 0) is 28.1 Å². The number of hydrogen-bond acceptors (Lipinski definition) is 4. The Kier molecular flexibility index (Phi) is 1.97. The van der Waals surface area contributed by atoms with Crippen LogP contribution in [0.25, 0.3) is 11.6 Å². The first-order valence-corrected chi connectivity index (χ1v) is 4.22. The van der Waals surface area contributed by atoms with Crippen molar-refractivity contribution in [3.8, 4) is 11.6 Å². The summed E-state index contributed by atoms with van der Waals surface area (Å²) in [5.74, 6) is -0.391. The first-order valence-electron chi connectivity index (χ1n) is 3.43. The molecule has 0 bridgehead atoms. The minimum Gasteiger partial charge on any atom is -0.386 e. The summed E-state index contributed by atoms with van der Waals surface area (Å²) in [4.78, 5) is 14.6. The Bertz CT molecular complexity index is 459. The minimum atomic E-state index is -0.584. The molecule has 0 aliphatic rings. The topological polar surface area (TPSA) is 71.8 Å². The van der Waals surface area contributed by atoms with Crippen LogP contribution in [0.3, 0.4) is 0 Å². The van der Waals surface area contributed by atoms with Crippen LogP contribution in [0.15, 0.2) is 32.0 Å². The molecule has 0 saturated heterocycles. The summed E-state index contributed by atoms with van der Waals surface area (Å²) in [6.45, 7) is 0. The van der Waals surface area contributed by atoms with E-state index in [-0.39, 0.29) is 5.89 Å². The van der Waals surface area contributed by atoms with Gasteiger partial charge in [-0.1, -0.05) is 0 Å². The van der Waals surface area contributed by atoms with E-state index in [1.54, 1.807) is 18.3 Å². The van der Waals surface area contributed by atoms with Gasteiger partial charge in [-0.3, -0.25) is 0 Å². The van der Waals surface area contributed by atoms with Crippen molar-refractivity contribution in [3.63, 3.8) is 0 Å². The zero-order valence-corrected chi connectivity index (χ0v) is 7.91. The number of H-pyrrole nitrogens is 1. The second-order valence-corrected chi connectivity index (χ2v) is 3.20. The third-order valence-corrected chi connectivity index (χ3v) is 1.85. The largest absolute Gasteiger partial charge is 0.434 e. The minimum absolute atomic E-state index is 0.192. The molecule has 66 valence electrons. The highest BCUT2D eigenvalue weighted by atomic mass is 79.9. The molecule has 1 N–H and O–H groups in total. The third-order valence-electron chi connectivity index (χ3n) is 1.38. The molecule has 0 spiro atoms. The summed E-state index contributed by atoms with van der Waals surface area (Å²) >= 11 is 3.24. The molecule has 0 atom stereocenters. The van der Waals surface area contributed by atoms with Crippen molar-refractivity contribution in [1.29, 1.82) is 0 Å². The van der Waals surface area contributed by atoms with Crippen molar-refractivity contribution in [2.75, 3.05) is 0 Å². The fourth-order valence-electron chi connectivity index (χ4n) is 0.842. The Morgan fingerprint density at radius 2 is 2.31 bits per heavy atom. The van der Waals surface area contributed by atoms with Crippen LogP contribution in [0.5, 0.6) is 0 Å². The fraction of sp³-hybridized carbons (Fsp3) is 0. The van der Waals surface area contributed by atoms with Gasteiger partial charge in [-0.2, -0.15) is 0 Å². The molecule has 0 saturated carbocycles. The maximum atomic E-state index is 10.6. The van der Waals surface area contributed by atoms with Gasteiger partial charge in [-0.15, -0.1) is 5.10 Å². The van der Waals surface area contributed by atoms with Gasteiger partial charge in [0.05, 0.1) is 0 Å². The van der Waals surface area contributed by atoms with E-state index in [1.165, 1.54) is 0 Å². The fourth-order valence-corrected chi connectivity index (χ4v) is 1.08. The van der Waals surface area contributed by atoms with Gasteiger partial charge in [0, 0.05) is 10.7 Å².